The summed E-state index contributed by atoms with van der Waals surface area (Å²) in [6.07, 6.45) is 10.4. The van der Waals surface area contributed by atoms with Crippen molar-refractivity contribution in [3.63, 3.8) is 0 Å². The minimum atomic E-state index is -0.503. The predicted octanol–water partition coefficient (Wildman–Crippen LogP) is 7.00. The molecular formula is C35H42N2O7. The summed E-state index contributed by atoms with van der Waals surface area (Å²) in [4.78, 5) is 36.6. The highest BCUT2D eigenvalue weighted by Gasteiger charge is 2.09. The summed E-state index contributed by atoms with van der Waals surface area (Å²) in [5.41, 5.74) is 13.8. The lowest BCUT2D eigenvalue weighted by molar-refractivity contribution is -0.128. The molecule has 44 heavy (non-hydrogen) atoms. The van der Waals surface area contributed by atoms with E-state index >= 15 is 0 Å². The van der Waals surface area contributed by atoms with Gasteiger partial charge in [-0.3, -0.25) is 0 Å². The molecule has 0 bridgehead atoms. The molecule has 0 heterocycles. The van der Waals surface area contributed by atoms with Gasteiger partial charge in [0.05, 0.1) is 30.9 Å². The Hall–Kier alpha value is -4.79. The van der Waals surface area contributed by atoms with Crippen LogP contribution < -0.4 is 20.9 Å². The molecule has 0 aliphatic rings. The van der Waals surface area contributed by atoms with Crippen LogP contribution in [-0.2, 0) is 14.3 Å². The summed E-state index contributed by atoms with van der Waals surface area (Å²) in [6.45, 7) is 3.45. The summed E-state index contributed by atoms with van der Waals surface area (Å²) in [5.74, 6) is -0.147. The van der Waals surface area contributed by atoms with Crippen molar-refractivity contribution in [3.05, 3.63) is 89.5 Å². The van der Waals surface area contributed by atoms with E-state index < -0.39 is 11.9 Å². The van der Waals surface area contributed by atoms with Crippen LogP contribution in [0.25, 0.3) is 6.08 Å². The normalized spacial score (nSPS) is 10.8. The fraction of sp³-hybridized carbons (Fsp3) is 0.343. The van der Waals surface area contributed by atoms with Crippen LogP contribution in [0.2, 0.25) is 0 Å². The quantitative estimate of drug-likeness (QED) is 0.0517. The predicted molar refractivity (Wildman–Crippen MR) is 171 cm³/mol. The minimum Gasteiger partial charge on any atom is -0.494 e. The molecule has 0 saturated carbocycles. The molecule has 0 atom stereocenters. The van der Waals surface area contributed by atoms with Crippen molar-refractivity contribution in [3.8, 4) is 11.5 Å². The Morgan fingerprint density at radius 2 is 1.18 bits per heavy atom. The Morgan fingerprint density at radius 1 is 0.636 bits per heavy atom. The summed E-state index contributed by atoms with van der Waals surface area (Å²) in [6, 6.07) is 18.4. The molecule has 0 aromatic heterocycles. The maximum absolute atomic E-state index is 12.3. The minimum absolute atomic E-state index is 0.341. The molecule has 0 radical (unpaired) electrons. The van der Waals surface area contributed by atoms with Crippen molar-refractivity contribution in [2.24, 2.45) is 0 Å². The Labute approximate surface area is 259 Å². The molecule has 0 saturated heterocycles. The molecule has 0 spiro atoms. The molecule has 9 heteroatoms. The molecule has 0 amide bonds. The van der Waals surface area contributed by atoms with Crippen molar-refractivity contribution in [1.82, 2.24) is 0 Å². The summed E-state index contributed by atoms with van der Waals surface area (Å²) in [7, 11) is 0. The molecule has 9 nitrogen and oxygen atoms in total. The van der Waals surface area contributed by atoms with Gasteiger partial charge in [-0.15, -0.1) is 0 Å². The summed E-state index contributed by atoms with van der Waals surface area (Å²) in [5, 5.41) is 0. The SMILES string of the molecule is CCCCOc1ccc(OC(=O)/C=C/c2ccc(C(=O)OCCCCCCCCOC(=O)c3cc(N)cc(N)c3)cc2)cc1. The fourth-order valence-electron chi connectivity index (χ4n) is 4.19. The molecule has 3 aromatic rings. The van der Waals surface area contributed by atoms with E-state index in [0.717, 1.165) is 62.7 Å². The van der Waals surface area contributed by atoms with Gasteiger partial charge in [0, 0.05) is 17.5 Å². The van der Waals surface area contributed by atoms with Crippen LogP contribution in [0.1, 0.15) is 84.6 Å². The number of nitrogen functional groups attached to an aromatic ring is 2. The van der Waals surface area contributed by atoms with Crippen molar-refractivity contribution < 1.29 is 33.3 Å². The maximum atomic E-state index is 12.3. The van der Waals surface area contributed by atoms with E-state index in [4.69, 9.17) is 30.4 Å². The second-order valence-corrected chi connectivity index (χ2v) is 10.3. The first kappa shape index (κ1) is 33.7. The third kappa shape index (κ3) is 12.6. The van der Waals surface area contributed by atoms with Gasteiger partial charge >= 0.3 is 17.9 Å². The van der Waals surface area contributed by atoms with Crippen molar-refractivity contribution in [1.29, 1.82) is 0 Å². The zero-order valence-corrected chi connectivity index (χ0v) is 25.3. The standard InChI is InChI=1S/C35H42N2O7/c1-2-3-20-41-31-15-17-32(18-16-31)44-33(38)19-12-26-10-13-27(14-11-26)34(39)42-21-8-6-4-5-7-9-22-43-35(40)28-23-29(36)25-30(37)24-28/h10-19,23-25H,2-9,20-22,36-37H2,1H3/b19-12+. The van der Waals surface area contributed by atoms with Crippen molar-refractivity contribution >= 4 is 35.4 Å². The zero-order chi connectivity index (χ0) is 31.6. The molecule has 0 fully saturated rings. The van der Waals surface area contributed by atoms with E-state index in [0.29, 0.717) is 48.1 Å². The number of ether oxygens (including phenoxy) is 4. The lowest BCUT2D eigenvalue weighted by Crippen LogP contribution is -2.08. The molecular weight excluding hydrogens is 560 g/mol. The van der Waals surface area contributed by atoms with Crippen LogP contribution in [0.5, 0.6) is 11.5 Å². The number of carbonyl (C=O) groups excluding carboxylic acids is 3. The number of nitrogens with two attached hydrogens (primary N) is 2. The zero-order valence-electron chi connectivity index (χ0n) is 25.3. The largest absolute Gasteiger partial charge is 0.494 e. The van der Waals surface area contributed by atoms with E-state index in [-0.39, 0.29) is 5.97 Å². The number of anilines is 2. The monoisotopic (exact) mass is 602 g/mol. The smallest absolute Gasteiger partial charge is 0.338 e. The number of unbranched alkanes of at least 4 members (excludes halogenated alkanes) is 6. The Morgan fingerprint density at radius 3 is 1.77 bits per heavy atom. The lowest BCUT2D eigenvalue weighted by atomic mass is 10.1. The Kier molecular flexibility index (Phi) is 14.3. The highest BCUT2D eigenvalue weighted by atomic mass is 16.5. The van der Waals surface area contributed by atoms with E-state index in [9.17, 15) is 14.4 Å². The number of carbonyl (C=O) groups is 3. The highest BCUT2D eigenvalue weighted by Crippen LogP contribution is 2.19. The van der Waals surface area contributed by atoms with Gasteiger partial charge in [-0.1, -0.05) is 51.2 Å². The van der Waals surface area contributed by atoms with Gasteiger partial charge in [0.25, 0.3) is 0 Å². The topological polar surface area (TPSA) is 140 Å². The van der Waals surface area contributed by atoms with Gasteiger partial charge in [0.15, 0.2) is 0 Å². The van der Waals surface area contributed by atoms with Gasteiger partial charge in [0.1, 0.15) is 11.5 Å². The first-order valence-corrected chi connectivity index (χ1v) is 15.1. The van der Waals surface area contributed by atoms with Gasteiger partial charge < -0.3 is 30.4 Å². The van der Waals surface area contributed by atoms with E-state index in [2.05, 4.69) is 6.92 Å². The highest BCUT2D eigenvalue weighted by molar-refractivity contribution is 5.92. The van der Waals surface area contributed by atoms with Crippen LogP contribution in [0.4, 0.5) is 11.4 Å². The van der Waals surface area contributed by atoms with E-state index in [1.807, 2.05) is 0 Å². The average molecular weight is 603 g/mol. The van der Waals surface area contributed by atoms with Crippen LogP contribution in [0, 0.1) is 0 Å². The van der Waals surface area contributed by atoms with E-state index in [1.165, 1.54) is 6.08 Å². The van der Waals surface area contributed by atoms with Crippen molar-refractivity contribution in [2.45, 2.75) is 58.3 Å². The second-order valence-electron chi connectivity index (χ2n) is 10.3. The Bertz CT molecular complexity index is 1350. The number of hydrogen-bond acceptors (Lipinski definition) is 9. The van der Waals surface area contributed by atoms with Crippen LogP contribution in [0.15, 0.2) is 72.8 Å². The molecule has 0 aliphatic heterocycles. The number of esters is 3. The number of benzene rings is 3. The van der Waals surface area contributed by atoms with E-state index in [1.54, 1.807) is 72.8 Å². The van der Waals surface area contributed by atoms with Gasteiger partial charge in [-0.2, -0.15) is 0 Å². The lowest BCUT2D eigenvalue weighted by Gasteiger charge is -2.07. The average Bonchev–Trinajstić information content (AvgIpc) is 3.01. The third-order valence-corrected chi connectivity index (χ3v) is 6.59. The number of rotatable bonds is 18. The summed E-state index contributed by atoms with van der Waals surface area (Å²) < 4.78 is 21.6. The summed E-state index contributed by atoms with van der Waals surface area (Å²) >= 11 is 0. The molecule has 0 aliphatic carbocycles. The molecule has 234 valence electrons. The van der Waals surface area contributed by atoms with Gasteiger partial charge in [-0.05, 0) is 85.5 Å². The maximum Gasteiger partial charge on any atom is 0.338 e. The molecule has 0 unspecified atom stereocenters. The first-order valence-electron chi connectivity index (χ1n) is 15.1. The first-order chi connectivity index (χ1) is 21.3. The second kappa shape index (κ2) is 18.7. The Balaban J connectivity index is 1.24. The van der Waals surface area contributed by atoms with Crippen molar-refractivity contribution in [2.75, 3.05) is 31.3 Å². The number of hydrogen-bond donors (Lipinski definition) is 2. The van der Waals surface area contributed by atoms with Crippen LogP contribution in [0.3, 0.4) is 0 Å². The van der Waals surface area contributed by atoms with Crippen LogP contribution in [-0.4, -0.2) is 37.7 Å². The van der Waals surface area contributed by atoms with Gasteiger partial charge in [0.2, 0.25) is 0 Å². The fourth-order valence-corrected chi connectivity index (χ4v) is 4.19. The van der Waals surface area contributed by atoms with Gasteiger partial charge in [-0.25, -0.2) is 14.4 Å². The molecule has 3 rings (SSSR count). The third-order valence-electron chi connectivity index (χ3n) is 6.59. The van der Waals surface area contributed by atoms with Crippen LogP contribution >= 0.6 is 0 Å². The molecule has 4 N–H and O–H groups in total. The molecule has 3 aromatic carbocycles.